The number of rotatable bonds is 5. The lowest BCUT2D eigenvalue weighted by Gasteiger charge is -2.20. The van der Waals surface area contributed by atoms with Gasteiger partial charge >= 0.3 is 0 Å². The summed E-state index contributed by atoms with van der Waals surface area (Å²) in [7, 11) is 1.69. The van der Waals surface area contributed by atoms with Crippen LogP contribution < -0.4 is 4.74 Å². The molecule has 1 aromatic heterocycles. The molecular formula is C20H26N2O. The smallest absolute Gasteiger partial charge is 0.121 e. The Morgan fingerprint density at radius 3 is 2.70 bits per heavy atom. The molecule has 23 heavy (non-hydrogen) atoms. The van der Waals surface area contributed by atoms with Gasteiger partial charge in [0.2, 0.25) is 0 Å². The van der Waals surface area contributed by atoms with E-state index in [2.05, 4.69) is 32.5 Å². The van der Waals surface area contributed by atoms with E-state index in [-0.39, 0.29) is 0 Å². The van der Waals surface area contributed by atoms with Gasteiger partial charge in [-0.15, -0.1) is 0 Å². The molecule has 1 heterocycles. The van der Waals surface area contributed by atoms with Crippen LogP contribution in [0.4, 0.5) is 0 Å². The van der Waals surface area contributed by atoms with Crippen LogP contribution in [0.3, 0.4) is 0 Å². The second-order valence-electron chi connectivity index (χ2n) is 6.71. The van der Waals surface area contributed by atoms with Gasteiger partial charge in [0.15, 0.2) is 0 Å². The molecule has 1 fully saturated rings. The predicted octanol–water partition coefficient (Wildman–Crippen LogP) is 5.01. The fourth-order valence-corrected chi connectivity index (χ4v) is 3.28. The quantitative estimate of drug-likeness (QED) is 0.776. The van der Waals surface area contributed by atoms with Gasteiger partial charge in [-0.1, -0.05) is 39.2 Å². The largest absolute Gasteiger partial charge is 0.497 e. The molecule has 0 aliphatic heterocycles. The fraction of sp³-hybridized carbons (Fsp3) is 0.500. The third-order valence-corrected chi connectivity index (χ3v) is 4.57. The van der Waals surface area contributed by atoms with Crippen molar-refractivity contribution in [2.24, 2.45) is 5.92 Å². The zero-order chi connectivity index (χ0) is 16.2. The first-order valence-corrected chi connectivity index (χ1v) is 8.68. The van der Waals surface area contributed by atoms with Crippen LogP contribution in [0.15, 0.2) is 30.5 Å². The summed E-state index contributed by atoms with van der Waals surface area (Å²) in [6.07, 6.45) is 12.4. The molecule has 1 aromatic carbocycles. The average Bonchev–Trinajstić information content (AvgIpc) is 3.00. The summed E-state index contributed by atoms with van der Waals surface area (Å²) in [5, 5.41) is 4.82. The van der Waals surface area contributed by atoms with Crippen molar-refractivity contribution >= 4 is 0 Å². The lowest BCUT2D eigenvalue weighted by atomic mass is 9.84. The molecule has 3 heteroatoms. The van der Waals surface area contributed by atoms with Gasteiger partial charge in [0, 0.05) is 24.2 Å². The third kappa shape index (κ3) is 3.77. The highest BCUT2D eigenvalue weighted by Gasteiger charge is 2.20. The third-order valence-electron chi connectivity index (χ3n) is 4.57. The fourth-order valence-electron chi connectivity index (χ4n) is 3.28. The number of hydrogen-bond donors (Lipinski definition) is 0. The van der Waals surface area contributed by atoms with Crippen LogP contribution in [-0.4, -0.2) is 16.9 Å². The second-order valence-corrected chi connectivity index (χ2v) is 6.71. The lowest BCUT2D eigenvalue weighted by molar-refractivity contribution is 0.402. The Morgan fingerprint density at radius 2 is 2.00 bits per heavy atom. The molecule has 122 valence electrons. The molecule has 0 saturated heterocycles. The first kappa shape index (κ1) is 16.1. The van der Waals surface area contributed by atoms with E-state index in [9.17, 15) is 0 Å². The van der Waals surface area contributed by atoms with Gasteiger partial charge in [-0.05, 0) is 36.8 Å². The minimum absolute atomic E-state index is 0.396. The Kier molecular flexibility index (Phi) is 5.04. The molecule has 1 aliphatic carbocycles. The minimum atomic E-state index is 0.396. The lowest BCUT2D eigenvalue weighted by Crippen LogP contribution is -2.08. The number of hydrogen-bond acceptors (Lipinski definition) is 2. The van der Waals surface area contributed by atoms with Gasteiger partial charge in [0.1, 0.15) is 5.75 Å². The molecule has 0 unspecified atom stereocenters. The molecule has 2 aromatic rings. The average molecular weight is 310 g/mol. The van der Waals surface area contributed by atoms with E-state index >= 15 is 0 Å². The van der Waals surface area contributed by atoms with Crippen molar-refractivity contribution in [3.05, 3.63) is 48.1 Å². The molecular weight excluding hydrogens is 284 g/mol. The molecule has 3 rings (SSSR count). The van der Waals surface area contributed by atoms with Crippen LogP contribution in [0.1, 0.15) is 63.1 Å². The van der Waals surface area contributed by atoms with Gasteiger partial charge in [0.05, 0.1) is 18.5 Å². The van der Waals surface area contributed by atoms with E-state index in [0.29, 0.717) is 11.8 Å². The van der Waals surface area contributed by atoms with E-state index in [4.69, 9.17) is 9.84 Å². The van der Waals surface area contributed by atoms with Gasteiger partial charge in [-0.2, -0.15) is 5.10 Å². The maximum absolute atomic E-state index is 5.33. The first-order chi connectivity index (χ1) is 11.2. The van der Waals surface area contributed by atoms with Crippen molar-refractivity contribution in [2.75, 3.05) is 7.11 Å². The van der Waals surface area contributed by atoms with Crippen molar-refractivity contribution in [3.8, 4) is 11.4 Å². The number of methoxy groups -OCH3 is 1. The van der Waals surface area contributed by atoms with Crippen molar-refractivity contribution < 1.29 is 4.74 Å². The van der Waals surface area contributed by atoms with Gasteiger partial charge < -0.3 is 4.74 Å². The normalized spacial score (nSPS) is 16.0. The van der Waals surface area contributed by atoms with Crippen molar-refractivity contribution in [3.63, 3.8) is 0 Å². The number of ether oxygens (including phenoxy) is 1. The number of aromatic nitrogens is 2. The first-order valence-electron chi connectivity index (χ1n) is 8.68. The second kappa shape index (κ2) is 7.20. The molecule has 0 atom stereocenters. The Morgan fingerprint density at radius 1 is 1.22 bits per heavy atom. The Hall–Kier alpha value is -1.77. The van der Waals surface area contributed by atoms with Gasteiger partial charge in [-0.25, -0.2) is 4.68 Å². The van der Waals surface area contributed by atoms with Crippen molar-refractivity contribution in [1.82, 2.24) is 9.78 Å². The maximum atomic E-state index is 5.33. The molecule has 1 saturated carbocycles. The standard InChI is InChI=1S/C20H26N2O/c1-15(2)20-17(12-16-8-5-4-6-9-16)14-22(21-20)18-10-7-11-19(13-18)23-3/h7,10-11,13-16H,4-6,8-9H2,1-3H3. The van der Waals surface area contributed by atoms with Crippen LogP contribution in [-0.2, 0) is 0 Å². The molecule has 0 bridgehead atoms. The Balaban J connectivity index is 1.88. The molecule has 0 N–H and O–H groups in total. The number of nitrogens with zero attached hydrogens (tertiary/aromatic N) is 2. The van der Waals surface area contributed by atoms with E-state index in [1.54, 1.807) is 7.11 Å². The van der Waals surface area contributed by atoms with E-state index < -0.39 is 0 Å². The molecule has 1 aliphatic rings. The summed E-state index contributed by atoms with van der Waals surface area (Å²) >= 11 is 0. The summed E-state index contributed by atoms with van der Waals surface area (Å²) in [5.74, 6) is 1.84. The van der Waals surface area contributed by atoms with Crippen LogP contribution in [0, 0.1) is 12.3 Å². The zero-order valence-electron chi connectivity index (χ0n) is 14.4. The van der Waals surface area contributed by atoms with Gasteiger partial charge in [0.25, 0.3) is 0 Å². The van der Waals surface area contributed by atoms with Crippen LogP contribution >= 0.6 is 0 Å². The summed E-state index contributed by atoms with van der Waals surface area (Å²) in [6.45, 7) is 4.40. The number of benzene rings is 1. The van der Waals surface area contributed by atoms with Crippen molar-refractivity contribution in [1.29, 1.82) is 0 Å². The molecule has 0 amide bonds. The topological polar surface area (TPSA) is 27.1 Å². The highest BCUT2D eigenvalue weighted by Crippen LogP contribution is 2.31. The van der Waals surface area contributed by atoms with E-state index in [1.165, 1.54) is 37.7 Å². The van der Waals surface area contributed by atoms with Crippen LogP contribution in [0.2, 0.25) is 0 Å². The van der Waals surface area contributed by atoms with E-state index in [0.717, 1.165) is 17.1 Å². The highest BCUT2D eigenvalue weighted by molar-refractivity contribution is 5.41. The van der Waals surface area contributed by atoms with Gasteiger partial charge in [-0.3, -0.25) is 0 Å². The predicted molar refractivity (Wildman–Crippen MR) is 93.1 cm³/mol. The summed E-state index contributed by atoms with van der Waals surface area (Å²) in [4.78, 5) is 0. The van der Waals surface area contributed by atoms with Crippen molar-refractivity contribution in [2.45, 2.75) is 51.9 Å². The highest BCUT2D eigenvalue weighted by atomic mass is 16.5. The summed E-state index contributed by atoms with van der Waals surface area (Å²) in [5.41, 5.74) is 3.34. The molecule has 2 radical (unpaired) electrons. The zero-order valence-corrected chi connectivity index (χ0v) is 14.4. The Labute approximate surface area is 139 Å². The van der Waals surface area contributed by atoms with Crippen LogP contribution in [0.25, 0.3) is 5.69 Å². The summed E-state index contributed by atoms with van der Waals surface area (Å²) in [6, 6.07) is 8.03. The van der Waals surface area contributed by atoms with Crippen LogP contribution in [0.5, 0.6) is 5.75 Å². The molecule has 0 spiro atoms. The Bertz CT molecular complexity index is 639. The summed E-state index contributed by atoms with van der Waals surface area (Å²) < 4.78 is 7.29. The molecule has 3 nitrogen and oxygen atoms in total. The maximum Gasteiger partial charge on any atom is 0.121 e. The SMILES string of the molecule is COc1cccc(-n2cc([C]C3CCCCC3)c(C(C)C)n2)c1. The minimum Gasteiger partial charge on any atom is -0.497 e. The monoisotopic (exact) mass is 310 g/mol. The van der Waals surface area contributed by atoms with E-state index in [1.807, 2.05) is 22.9 Å².